The highest BCUT2D eigenvalue weighted by atomic mass is 32.1. The highest BCUT2D eigenvalue weighted by Crippen LogP contribution is 2.33. The quantitative estimate of drug-likeness (QED) is 0.821. The summed E-state index contributed by atoms with van der Waals surface area (Å²) in [7, 11) is 0. The van der Waals surface area contributed by atoms with Crippen LogP contribution in [-0.2, 0) is 11.2 Å². The van der Waals surface area contributed by atoms with Gasteiger partial charge < -0.3 is 10.1 Å². The third kappa shape index (κ3) is 3.59. The van der Waals surface area contributed by atoms with Crippen LogP contribution in [-0.4, -0.2) is 19.3 Å². The third-order valence-electron chi connectivity index (χ3n) is 4.45. The largest absolute Gasteiger partial charge is 0.377 e. The zero-order valence-electron chi connectivity index (χ0n) is 11.7. The van der Waals surface area contributed by atoms with Gasteiger partial charge in [0.2, 0.25) is 0 Å². The molecular formula is C16H25NOS. The lowest BCUT2D eigenvalue weighted by atomic mass is 9.94. The van der Waals surface area contributed by atoms with Crippen LogP contribution in [0.1, 0.15) is 61.4 Å². The minimum atomic E-state index is 0.540. The van der Waals surface area contributed by atoms with Gasteiger partial charge in [-0.2, -0.15) is 0 Å². The number of rotatable bonds is 5. The second-order valence-corrected chi connectivity index (χ2v) is 6.83. The molecule has 1 N–H and O–H groups in total. The minimum absolute atomic E-state index is 0.540. The van der Waals surface area contributed by atoms with E-state index in [9.17, 15) is 0 Å². The van der Waals surface area contributed by atoms with Crippen molar-refractivity contribution in [3.63, 3.8) is 0 Å². The molecule has 0 aliphatic heterocycles. The Morgan fingerprint density at radius 1 is 1.16 bits per heavy atom. The Morgan fingerprint density at radius 3 is 2.95 bits per heavy atom. The minimum Gasteiger partial charge on any atom is -0.377 e. The van der Waals surface area contributed by atoms with Gasteiger partial charge in [-0.3, -0.25) is 0 Å². The van der Waals surface area contributed by atoms with E-state index in [4.69, 9.17) is 4.74 Å². The van der Waals surface area contributed by atoms with Crippen LogP contribution in [0.15, 0.2) is 11.4 Å². The summed E-state index contributed by atoms with van der Waals surface area (Å²) in [6.07, 6.45) is 11.1. The maximum Gasteiger partial charge on any atom is 0.0594 e. The summed E-state index contributed by atoms with van der Waals surface area (Å²) < 4.78 is 5.98. The van der Waals surface area contributed by atoms with Crippen molar-refractivity contribution in [3.05, 3.63) is 21.9 Å². The zero-order chi connectivity index (χ0) is 12.9. The van der Waals surface area contributed by atoms with Crippen molar-refractivity contribution < 1.29 is 4.74 Å². The molecule has 0 aromatic carbocycles. The second-order valence-electron chi connectivity index (χ2n) is 5.83. The number of aryl methyl sites for hydroxylation is 1. The Kier molecular flexibility index (Phi) is 4.91. The molecule has 0 saturated heterocycles. The first-order valence-electron chi connectivity index (χ1n) is 7.85. The summed E-state index contributed by atoms with van der Waals surface area (Å²) in [6, 6.07) is 2.88. The van der Waals surface area contributed by atoms with E-state index in [-0.39, 0.29) is 0 Å². The molecule has 1 saturated carbocycles. The third-order valence-corrected chi connectivity index (χ3v) is 5.45. The van der Waals surface area contributed by atoms with E-state index in [1.165, 1.54) is 51.4 Å². The van der Waals surface area contributed by atoms with E-state index in [2.05, 4.69) is 16.8 Å². The van der Waals surface area contributed by atoms with Crippen molar-refractivity contribution in [1.82, 2.24) is 5.32 Å². The van der Waals surface area contributed by atoms with Gasteiger partial charge in [-0.15, -0.1) is 11.3 Å². The fourth-order valence-corrected chi connectivity index (χ4v) is 4.38. The van der Waals surface area contributed by atoms with Crippen LogP contribution in [0.4, 0.5) is 0 Å². The summed E-state index contributed by atoms with van der Waals surface area (Å²) in [4.78, 5) is 1.59. The van der Waals surface area contributed by atoms with Crippen LogP contribution in [0.2, 0.25) is 0 Å². The molecule has 2 aliphatic rings. The molecule has 2 nitrogen and oxygen atoms in total. The van der Waals surface area contributed by atoms with E-state index < -0.39 is 0 Å². The molecule has 0 amide bonds. The highest BCUT2D eigenvalue weighted by Gasteiger charge is 2.20. The van der Waals surface area contributed by atoms with E-state index >= 15 is 0 Å². The van der Waals surface area contributed by atoms with Crippen LogP contribution in [0.3, 0.4) is 0 Å². The average molecular weight is 279 g/mol. The topological polar surface area (TPSA) is 21.3 Å². The van der Waals surface area contributed by atoms with Gasteiger partial charge in [0.05, 0.1) is 12.7 Å². The van der Waals surface area contributed by atoms with Gasteiger partial charge >= 0.3 is 0 Å². The number of fused-ring (bicyclic) bond motifs is 1. The van der Waals surface area contributed by atoms with Gasteiger partial charge in [0.15, 0.2) is 0 Å². The molecule has 1 unspecified atom stereocenters. The van der Waals surface area contributed by atoms with Crippen molar-refractivity contribution in [3.8, 4) is 0 Å². The molecule has 1 aromatic rings. The lowest BCUT2D eigenvalue weighted by Gasteiger charge is -2.25. The Bertz CT molecular complexity index is 384. The van der Waals surface area contributed by atoms with Gasteiger partial charge in [0, 0.05) is 17.5 Å². The summed E-state index contributed by atoms with van der Waals surface area (Å²) in [6.45, 7) is 1.87. The molecule has 2 aliphatic carbocycles. The Labute approximate surface area is 120 Å². The average Bonchev–Trinajstić information content (AvgIpc) is 2.94. The molecule has 3 heteroatoms. The van der Waals surface area contributed by atoms with Gasteiger partial charge in [0.25, 0.3) is 0 Å². The standard InChI is InChI=1S/C16H25NOS/c1-2-5-13(6-3-1)18-11-10-17-15-7-4-8-16-14(15)9-12-19-16/h9,12-13,15,17H,1-8,10-11H2. The maximum atomic E-state index is 5.98. The molecule has 19 heavy (non-hydrogen) atoms. The van der Waals surface area contributed by atoms with Crippen molar-refractivity contribution in [2.24, 2.45) is 0 Å². The van der Waals surface area contributed by atoms with Crippen molar-refractivity contribution in [1.29, 1.82) is 0 Å². The van der Waals surface area contributed by atoms with Crippen molar-refractivity contribution in [2.45, 2.75) is 63.5 Å². The number of thiophene rings is 1. The van der Waals surface area contributed by atoms with Crippen LogP contribution in [0.5, 0.6) is 0 Å². The first-order valence-corrected chi connectivity index (χ1v) is 8.73. The molecule has 1 heterocycles. The first kappa shape index (κ1) is 13.6. The Balaban J connectivity index is 1.39. The first-order chi connectivity index (χ1) is 9.43. The molecule has 0 radical (unpaired) electrons. The zero-order valence-corrected chi connectivity index (χ0v) is 12.5. The second kappa shape index (κ2) is 6.87. The number of hydrogen-bond donors (Lipinski definition) is 1. The number of nitrogens with one attached hydrogen (secondary N) is 1. The fraction of sp³-hybridized carbons (Fsp3) is 0.750. The molecular weight excluding hydrogens is 254 g/mol. The maximum absolute atomic E-state index is 5.98. The molecule has 1 atom stereocenters. The normalized spacial score (nSPS) is 24.3. The lowest BCUT2D eigenvalue weighted by Crippen LogP contribution is -2.29. The predicted octanol–water partition coefficient (Wildman–Crippen LogP) is 4.06. The molecule has 0 spiro atoms. The van der Waals surface area contributed by atoms with Gasteiger partial charge in [-0.1, -0.05) is 19.3 Å². The SMILES string of the molecule is c1cc2c(s1)CCCC2NCCOC1CCCCC1. The van der Waals surface area contributed by atoms with E-state index in [1.54, 1.807) is 10.4 Å². The van der Waals surface area contributed by atoms with Crippen LogP contribution in [0, 0.1) is 0 Å². The van der Waals surface area contributed by atoms with E-state index in [0.29, 0.717) is 12.1 Å². The predicted molar refractivity (Wildman–Crippen MR) is 80.8 cm³/mol. The van der Waals surface area contributed by atoms with Crippen LogP contribution in [0.25, 0.3) is 0 Å². The van der Waals surface area contributed by atoms with Crippen molar-refractivity contribution in [2.75, 3.05) is 13.2 Å². The fourth-order valence-electron chi connectivity index (χ4n) is 3.39. The molecule has 3 rings (SSSR count). The van der Waals surface area contributed by atoms with Gasteiger partial charge in [0.1, 0.15) is 0 Å². The highest BCUT2D eigenvalue weighted by molar-refractivity contribution is 7.10. The number of ether oxygens (including phenoxy) is 1. The molecule has 1 aromatic heterocycles. The molecule has 1 fully saturated rings. The Hall–Kier alpha value is -0.380. The van der Waals surface area contributed by atoms with E-state index in [0.717, 1.165) is 13.2 Å². The monoisotopic (exact) mass is 279 g/mol. The van der Waals surface area contributed by atoms with Gasteiger partial charge in [-0.25, -0.2) is 0 Å². The molecule has 0 bridgehead atoms. The number of hydrogen-bond acceptors (Lipinski definition) is 3. The van der Waals surface area contributed by atoms with Crippen LogP contribution >= 0.6 is 11.3 Å². The Morgan fingerprint density at radius 2 is 2.05 bits per heavy atom. The van der Waals surface area contributed by atoms with Crippen molar-refractivity contribution >= 4 is 11.3 Å². The summed E-state index contributed by atoms with van der Waals surface area (Å²) in [5, 5.41) is 5.92. The summed E-state index contributed by atoms with van der Waals surface area (Å²) >= 11 is 1.92. The summed E-state index contributed by atoms with van der Waals surface area (Å²) in [5.74, 6) is 0. The van der Waals surface area contributed by atoms with Crippen LogP contribution < -0.4 is 5.32 Å². The summed E-state index contributed by atoms with van der Waals surface area (Å²) in [5.41, 5.74) is 1.55. The van der Waals surface area contributed by atoms with Gasteiger partial charge in [-0.05, 0) is 49.1 Å². The smallest absolute Gasteiger partial charge is 0.0594 e. The lowest BCUT2D eigenvalue weighted by molar-refractivity contribution is 0.0292. The molecule has 106 valence electrons. The van der Waals surface area contributed by atoms with E-state index in [1.807, 2.05) is 11.3 Å².